The summed E-state index contributed by atoms with van der Waals surface area (Å²) in [5.74, 6) is 0.762. The highest BCUT2D eigenvalue weighted by Crippen LogP contribution is 2.25. The molecule has 1 aliphatic rings. The van der Waals surface area contributed by atoms with E-state index in [1.165, 1.54) is 0 Å². The number of epoxide rings is 1. The molecule has 1 saturated heterocycles. The van der Waals surface area contributed by atoms with E-state index in [-0.39, 0.29) is 6.29 Å². The molecule has 1 heterocycles. The lowest BCUT2D eigenvalue weighted by Crippen LogP contribution is -1.94. The molecular formula is C6H10O2. The molecule has 0 aromatic heterocycles. The highest BCUT2D eigenvalue weighted by atomic mass is 16.8. The van der Waals surface area contributed by atoms with Crippen LogP contribution in [0.2, 0.25) is 0 Å². The zero-order valence-electron chi connectivity index (χ0n) is 5.02. The van der Waals surface area contributed by atoms with Gasteiger partial charge in [-0.2, -0.15) is 0 Å². The number of rotatable bonds is 3. The van der Waals surface area contributed by atoms with Gasteiger partial charge in [0.1, 0.15) is 0 Å². The van der Waals surface area contributed by atoms with Crippen molar-refractivity contribution in [3.8, 4) is 0 Å². The van der Waals surface area contributed by atoms with Crippen LogP contribution in [-0.2, 0) is 9.47 Å². The molecule has 0 aromatic carbocycles. The molecule has 0 saturated carbocycles. The van der Waals surface area contributed by atoms with Crippen molar-refractivity contribution in [3.05, 3.63) is 12.3 Å². The van der Waals surface area contributed by atoms with Crippen molar-refractivity contribution in [2.24, 2.45) is 0 Å². The van der Waals surface area contributed by atoms with Gasteiger partial charge in [-0.05, 0) is 6.42 Å². The molecule has 46 valence electrons. The summed E-state index contributed by atoms with van der Waals surface area (Å²) in [6.45, 7) is 6.38. The smallest absolute Gasteiger partial charge is 0.258 e. The lowest BCUT2D eigenvalue weighted by molar-refractivity contribution is 0.0508. The van der Waals surface area contributed by atoms with Gasteiger partial charge >= 0.3 is 0 Å². The highest BCUT2D eigenvalue weighted by molar-refractivity contribution is 5.01. The Morgan fingerprint density at radius 2 is 2.50 bits per heavy atom. The first-order valence-electron chi connectivity index (χ1n) is 2.81. The van der Waals surface area contributed by atoms with Gasteiger partial charge in [0.25, 0.3) is 6.29 Å². The van der Waals surface area contributed by atoms with Crippen LogP contribution in [0.5, 0.6) is 0 Å². The fraction of sp³-hybridized carbons (Fsp3) is 0.667. The van der Waals surface area contributed by atoms with E-state index in [0.717, 1.165) is 18.8 Å². The van der Waals surface area contributed by atoms with Crippen LogP contribution in [0.1, 0.15) is 13.3 Å². The minimum Gasteiger partial charge on any atom is -0.456 e. The molecule has 1 rings (SSSR count). The first-order valence-corrected chi connectivity index (χ1v) is 2.81. The lowest BCUT2D eigenvalue weighted by Gasteiger charge is -1.90. The predicted molar refractivity (Wildman–Crippen MR) is 30.3 cm³/mol. The monoisotopic (exact) mass is 114 g/mol. The second kappa shape index (κ2) is 2.18. The van der Waals surface area contributed by atoms with Gasteiger partial charge in [-0.3, -0.25) is 0 Å². The van der Waals surface area contributed by atoms with Crippen LogP contribution in [0.3, 0.4) is 0 Å². The normalized spacial score (nSPS) is 25.1. The van der Waals surface area contributed by atoms with Crippen LogP contribution in [0.25, 0.3) is 0 Å². The van der Waals surface area contributed by atoms with E-state index < -0.39 is 0 Å². The van der Waals surface area contributed by atoms with E-state index in [1.807, 2.05) is 0 Å². The van der Waals surface area contributed by atoms with Gasteiger partial charge in [0.05, 0.1) is 6.61 Å². The highest BCUT2D eigenvalue weighted by Gasteiger charge is 2.30. The molecule has 0 N–H and O–H groups in total. The Labute approximate surface area is 49.1 Å². The molecule has 1 aliphatic heterocycles. The summed E-state index contributed by atoms with van der Waals surface area (Å²) in [5.41, 5.74) is 0. The third kappa shape index (κ3) is 1.23. The second-order valence-electron chi connectivity index (χ2n) is 1.79. The maximum Gasteiger partial charge on any atom is 0.258 e. The van der Waals surface area contributed by atoms with Crippen LogP contribution in [0.15, 0.2) is 12.3 Å². The van der Waals surface area contributed by atoms with Crippen molar-refractivity contribution in [1.29, 1.82) is 0 Å². The SMILES string of the molecule is C=C1OC1OCCC. The Kier molecular flexibility index (Phi) is 1.53. The molecule has 2 nitrogen and oxygen atoms in total. The van der Waals surface area contributed by atoms with Gasteiger partial charge < -0.3 is 9.47 Å². The van der Waals surface area contributed by atoms with Gasteiger partial charge in [0.15, 0.2) is 5.76 Å². The average molecular weight is 114 g/mol. The fourth-order valence-electron chi connectivity index (χ4n) is 0.455. The Bertz CT molecular complexity index is 98.7. The van der Waals surface area contributed by atoms with E-state index in [1.54, 1.807) is 0 Å². The van der Waals surface area contributed by atoms with Gasteiger partial charge in [0.2, 0.25) is 0 Å². The molecule has 1 unspecified atom stereocenters. The molecule has 8 heavy (non-hydrogen) atoms. The van der Waals surface area contributed by atoms with Gasteiger partial charge in [-0.15, -0.1) is 0 Å². The molecule has 0 bridgehead atoms. The van der Waals surface area contributed by atoms with Crippen LogP contribution < -0.4 is 0 Å². The minimum absolute atomic E-state index is 0.0741. The summed E-state index contributed by atoms with van der Waals surface area (Å²) in [7, 11) is 0. The molecule has 2 heteroatoms. The topological polar surface area (TPSA) is 21.8 Å². The summed E-state index contributed by atoms with van der Waals surface area (Å²) in [5, 5.41) is 0. The van der Waals surface area contributed by atoms with Crippen LogP contribution in [0, 0.1) is 0 Å². The van der Waals surface area contributed by atoms with Gasteiger partial charge in [-0.25, -0.2) is 0 Å². The van der Waals surface area contributed by atoms with E-state index in [4.69, 9.17) is 9.47 Å². The lowest BCUT2D eigenvalue weighted by atomic mass is 10.5. The largest absolute Gasteiger partial charge is 0.456 e. The molecule has 0 aromatic rings. The molecule has 1 fully saturated rings. The van der Waals surface area contributed by atoms with Crippen LogP contribution in [0.4, 0.5) is 0 Å². The average Bonchev–Trinajstić information content (AvgIpc) is 2.42. The van der Waals surface area contributed by atoms with Crippen molar-refractivity contribution in [1.82, 2.24) is 0 Å². The minimum atomic E-state index is -0.0741. The Morgan fingerprint density at radius 3 is 2.88 bits per heavy atom. The Balaban J connectivity index is 1.97. The maximum atomic E-state index is 5.09. The second-order valence-corrected chi connectivity index (χ2v) is 1.79. The molecule has 0 spiro atoms. The summed E-state index contributed by atoms with van der Waals surface area (Å²) < 4.78 is 9.89. The van der Waals surface area contributed by atoms with Gasteiger partial charge in [-0.1, -0.05) is 13.5 Å². The van der Waals surface area contributed by atoms with Crippen molar-refractivity contribution < 1.29 is 9.47 Å². The third-order valence-electron chi connectivity index (χ3n) is 0.937. The van der Waals surface area contributed by atoms with Crippen LogP contribution in [-0.4, -0.2) is 12.9 Å². The first-order chi connectivity index (χ1) is 3.84. The van der Waals surface area contributed by atoms with E-state index in [0.29, 0.717) is 0 Å². The quantitative estimate of drug-likeness (QED) is 0.515. The fourth-order valence-corrected chi connectivity index (χ4v) is 0.455. The van der Waals surface area contributed by atoms with Crippen LogP contribution >= 0.6 is 0 Å². The van der Waals surface area contributed by atoms with E-state index in [2.05, 4.69) is 13.5 Å². The van der Waals surface area contributed by atoms with E-state index in [9.17, 15) is 0 Å². The molecule has 0 aliphatic carbocycles. The summed E-state index contributed by atoms with van der Waals surface area (Å²) in [6.07, 6.45) is 0.961. The summed E-state index contributed by atoms with van der Waals surface area (Å²) in [4.78, 5) is 0. The Hall–Kier alpha value is -0.500. The van der Waals surface area contributed by atoms with Crippen molar-refractivity contribution in [3.63, 3.8) is 0 Å². The standard InChI is InChI=1S/C6H10O2/c1-3-4-7-6-5(2)8-6/h6H,2-4H2,1H3. The van der Waals surface area contributed by atoms with Crippen molar-refractivity contribution in [2.75, 3.05) is 6.61 Å². The molecule has 0 radical (unpaired) electrons. The van der Waals surface area contributed by atoms with E-state index >= 15 is 0 Å². The van der Waals surface area contributed by atoms with Crippen molar-refractivity contribution in [2.45, 2.75) is 19.6 Å². The number of hydrogen-bond acceptors (Lipinski definition) is 2. The number of ether oxygens (including phenoxy) is 2. The molecular weight excluding hydrogens is 104 g/mol. The zero-order chi connectivity index (χ0) is 5.98. The van der Waals surface area contributed by atoms with Crippen molar-refractivity contribution >= 4 is 0 Å². The maximum absolute atomic E-state index is 5.09. The summed E-state index contributed by atoms with van der Waals surface area (Å²) >= 11 is 0. The Morgan fingerprint density at radius 1 is 1.88 bits per heavy atom. The molecule has 1 atom stereocenters. The number of hydrogen-bond donors (Lipinski definition) is 0. The first kappa shape index (κ1) is 5.63. The molecule has 0 amide bonds. The van der Waals surface area contributed by atoms with Gasteiger partial charge in [0, 0.05) is 0 Å². The predicted octanol–water partition coefficient (Wildman–Crippen LogP) is 1.28. The summed E-state index contributed by atoms with van der Waals surface area (Å²) in [6, 6.07) is 0. The zero-order valence-corrected chi connectivity index (χ0v) is 5.02. The third-order valence-corrected chi connectivity index (χ3v) is 0.937.